The number of aromatic nitrogens is 2. The number of nitrogens with zero attached hydrogens (tertiary/aromatic N) is 4. The van der Waals surface area contributed by atoms with Gasteiger partial charge in [-0.05, 0) is 52.2 Å². The molecule has 1 aliphatic heterocycles. The van der Waals surface area contributed by atoms with Crippen molar-refractivity contribution in [3.63, 3.8) is 0 Å². The maximum absolute atomic E-state index is 12.6. The van der Waals surface area contributed by atoms with Gasteiger partial charge in [-0.2, -0.15) is 0 Å². The van der Waals surface area contributed by atoms with Crippen LogP contribution < -0.4 is 4.90 Å². The average molecular weight is 356 g/mol. The quantitative estimate of drug-likeness (QED) is 0.836. The molecule has 1 atom stereocenters. The van der Waals surface area contributed by atoms with E-state index in [1.165, 1.54) is 0 Å². The Balaban J connectivity index is 1.72. The molecule has 1 aliphatic rings. The number of carbonyl (C=O) groups is 1. The first kappa shape index (κ1) is 18.4. The highest BCUT2D eigenvalue weighted by molar-refractivity contribution is 5.75. The molecule has 140 valence electrons. The fourth-order valence-corrected chi connectivity index (χ4v) is 3.29. The van der Waals surface area contributed by atoms with Crippen LogP contribution in [-0.4, -0.2) is 52.7 Å². The number of fused-ring (bicyclic) bond motifs is 1. The molecule has 2 aromatic rings. The van der Waals surface area contributed by atoms with Gasteiger partial charge in [-0.1, -0.05) is 12.1 Å². The van der Waals surface area contributed by atoms with Crippen LogP contribution in [0.4, 0.5) is 10.6 Å². The zero-order chi connectivity index (χ0) is 18.7. The van der Waals surface area contributed by atoms with E-state index in [0.717, 1.165) is 42.7 Å². The number of anilines is 1. The molecular formula is C20H28N4O2. The van der Waals surface area contributed by atoms with Crippen molar-refractivity contribution in [1.82, 2.24) is 14.9 Å². The largest absolute Gasteiger partial charge is 0.444 e. The molecule has 26 heavy (non-hydrogen) atoms. The van der Waals surface area contributed by atoms with Gasteiger partial charge in [0.15, 0.2) is 0 Å². The van der Waals surface area contributed by atoms with Crippen LogP contribution in [0, 0.1) is 0 Å². The number of hydrogen-bond acceptors (Lipinski definition) is 5. The number of likely N-dealkylation sites (N-methyl/N-ethyl adjacent to an activating group) is 1. The third kappa shape index (κ3) is 4.42. The van der Waals surface area contributed by atoms with Gasteiger partial charge in [0.25, 0.3) is 0 Å². The zero-order valence-corrected chi connectivity index (χ0v) is 16.1. The summed E-state index contributed by atoms with van der Waals surface area (Å²) < 4.78 is 5.59. The molecule has 1 fully saturated rings. The Hall–Kier alpha value is -2.37. The lowest BCUT2D eigenvalue weighted by molar-refractivity contribution is 0.0108. The van der Waals surface area contributed by atoms with E-state index in [4.69, 9.17) is 9.72 Å². The minimum atomic E-state index is -0.477. The van der Waals surface area contributed by atoms with Gasteiger partial charge in [0.1, 0.15) is 11.4 Å². The molecule has 0 saturated carbocycles. The summed E-state index contributed by atoms with van der Waals surface area (Å²) in [4.78, 5) is 25.7. The molecule has 0 N–H and O–H groups in total. The molecule has 6 nitrogen and oxygen atoms in total. The number of hydrogen-bond donors (Lipinski definition) is 0. The van der Waals surface area contributed by atoms with E-state index in [1.54, 1.807) is 6.20 Å². The number of carbonyl (C=O) groups excluding carboxylic acids is 1. The number of rotatable bonds is 3. The SMILES string of the molecule is CN(C[C@@H]1CCCCN1C(=O)OC(C)(C)C)c1cnc2ccccc2n1. The number of benzene rings is 1. The topological polar surface area (TPSA) is 58.6 Å². The normalized spacial score (nSPS) is 18.0. The maximum atomic E-state index is 12.6. The number of amides is 1. The Kier molecular flexibility index (Phi) is 5.30. The summed E-state index contributed by atoms with van der Waals surface area (Å²) in [5.41, 5.74) is 1.29. The lowest BCUT2D eigenvalue weighted by Gasteiger charge is -2.38. The molecule has 3 rings (SSSR count). The van der Waals surface area contributed by atoms with Crippen molar-refractivity contribution in [1.29, 1.82) is 0 Å². The third-order valence-corrected chi connectivity index (χ3v) is 4.57. The van der Waals surface area contributed by atoms with Crippen molar-refractivity contribution in [2.24, 2.45) is 0 Å². The first-order chi connectivity index (χ1) is 12.3. The lowest BCUT2D eigenvalue weighted by atomic mass is 10.0. The molecule has 1 amide bonds. The summed E-state index contributed by atoms with van der Waals surface area (Å²) in [6.07, 6.45) is 4.70. The highest BCUT2D eigenvalue weighted by Crippen LogP contribution is 2.23. The second kappa shape index (κ2) is 7.48. The van der Waals surface area contributed by atoms with Crippen molar-refractivity contribution in [3.8, 4) is 0 Å². The predicted octanol–water partition coefficient (Wildman–Crippen LogP) is 3.86. The van der Waals surface area contributed by atoms with Gasteiger partial charge >= 0.3 is 6.09 Å². The van der Waals surface area contributed by atoms with E-state index in [2.05, 4.69) is 9.88 Å². The van der Waals surface area contributed by atoms with E-state index in [1.807, 2.05) is 57.0 Å². The molecule has 0 aliphatic carbocycles. The summed E-state index contributed by atoms with van der Waals surface area (Å²) in [5, 5.41) is 0. The highest BCUT2D eigenvalue weighted by atomic mass is 16.6. The smallest absolute Gasteiger partial charge is 0.410 e. The van der Waals surface area contributed by atoms with E-state index < -0.39 is 5.60 Å². The lowest BCUT2D eigenvalue weighted by Crippen LogP contribution is -2.50. The average Bonchev–Trinajstić information content (AvgIpc) is 2.60. The molecule has 0 unspecified atom stereocenters. The minimum Gasteiger partial charge on any atom is -0.444 e. The predicted molar refractivity (Wildman–Crippen MR) is 103 cm³/mol. The molecular weight excluding hydrogens is 328 g/mol. The Bertz CT molecular complexity index is 772. The summed E-state index contributed by atoms with van der Waals surface area (Å²) in [6, 6.07) is 7.97. The van der Waals surface area contributed by atoms with Crippen molar-refractivity contribution >= 4 is 22.9 Å². The molecule has 2 heterocycles. The summed E-state index contributed by atoms with van der Waals surface area (Å²) in [5.74, 6) is 0.818. The van der Waals surface area contributed by atoms with E-state index in [-0.39, 0.29) is 12.1 Å². The Labute approximate surface area is 155 Å². The number of piperidine rings is 1. The molecule has 0 bridgehead atoms. The molecule has 0 radical (unpaired) electrons. The van der Waals surface area contributed by atoms with Gasteiger partial charge < -0.3 is 14.5 Å². The maximum Gasteiger partial charge on any atom is 0.410 e. The Morgan fingerprint density at radius 1 is 1.27 bits per heavy atom. The van der Waals surface area contributed by atoms with Crippen LogP contribution in [0.2, 0.25) is 0 Å². The van der Waals surface area contributed by atoms with E-state index >= 15 is 0 Å². The standard InChI is InChI=1S/C20H28N4O2/c1-20(2,3)26-19(25)24-12-8-7-9-15(24)14-23(4)18-13-21-16-10-5-6-11-17(16)22-18/h5-6,10-11,13,15H,7-9,12,14H2,1-4H3/t15-/m0/s1. The summed E-state index contributed by atoms with van der Waals surface area (Å²) in [7, 11) is 2.00. The molecule has 6 heteroatoms. The Morgan fingerprint density at radius 3 is 2.73 bits per heavy atom. The monoisotopic (exact) mass is 356 g/mol. The third-order valence-electron chi connectivity index (χ3n) is 4.57. The van der Waals surface area contributed by atoms with Gasteiger partial charge in [-0.3, -0.25) is 4.98 Å². The van der Waals surface area contributed by atoms with Crippen molar-refractivity contribution < 1.29 is 9.53 Å². The minimum absolute atomic E-state index is 0.122. The summed E-state index contributed by atoms with van der Waals surface area (Å²) in [6.45, 7) is 7.17. The Morgan fingerprint density at radius 2 is 2.00 bits per heavy atom. The number of para-hydroxylation sites is 2. The van der Waals surface area contributed by atoms with Crippen LogP contribution in [0.5, 0.6) is 0 Å². The molecule has 1 aromatic carbocycles. The zero-order valence-electron chi connectivity index (χ0n) is 16.1. The van der Waals surface area contributed by atoms with Crippen molar-refractivity contribution in [2.75, 3.05) is 25.0 Å². The second-order valence-corrected chi connectivity index (χ2v) is 7.92. The first-order valence-corrected chi connectivity index (χ1v) is 9.26. The van der Waals surface area contributed by atoms with Gasteiger partial charge in [0.05, 0.1) is 23.3 Å². The van der Waals surface area contributed by atoms with E-state index in [0.29, 0.717) is 6.54 Å². The summed E-state index contributed by atoms with van der Waals surface area (Å²) >= 11 is 0. The van der Waals surface area contributed by atoms with E-state index in [9.17, 15) is 4.79 Å². The molecule has 0 spiro atoms. The fourth-order valence-electron chi connectivity index (χ4n) is 3.29. The van der Waals surface area contributed by atoms with Crippen molar-refractivity contribution in [2.45, 2.75) is 51.7 Å². The van der Waals surface area contributed by atoms with Gasteiger partial charge in [0.2, 0.25) is 0 Å². The second-order valence-electron chi connectivity index (χ2n) is 7.92. The van der Waals surface area contributed by atoms with Crippen LogP contribution in [-0.2, 0) is 4.74 Å². The van der Waals surface area contributed by atoms with Crippen molar-refractivity contribution in [3.05, 3.63) is 30.5 Å². The molecule has 1 aromatic heterocycles. The van der Waals surface area contributed by atoms with Crippen LogP contribution in [0.3, 0.4) is 0 Å². The van der Waals surface area contributed by atoms with Crippen LogP contribution in [0.15, 0.2) is 30.5 Å². The van der Waals surface area contributed by atoms with Crippen LogP contribution >= 0.6 is 0 Å². The van der Waals surface area contributed by atoms with Crippen LogP contribution in [0.1, 0.15) is 40.0 Å². The van der Waals surface area contributed by atoms with Gasteiger partial charge in [-0.15, -0.1) is 0 Å². The first-order valence-electron chi connectivity index (χ1n) is 9.26. The fraction of sp³-hybridized carbons (Fsp3) is 0.550. The number of likely N-dealkylation sites (tertiary alicyclic amines) is 1. The number of ether oxygens (including phenoxy) is 1. The highest BCUT2D eigenvalue weighted by Gasteiger charge is 2.31. The molecule has 1 saturated heterocycles. The van der Waals surface area contributed by atoms with Crippen LogP contribution in [0.25, 0.3) is 11.0 Å². The van der Waals surface area contributed by atoms with Gasteiger partial charge in [0, 0.05) is 20.1 Å². The van der Waals surface area contributed by atoms with Gasteiger partial charge in [-0.25, -0.2) is 9.78 Å².